The maximum absolute atomic E-state index is 11.7. The monoisotopic (exact) mass is 421 g/mol. The summed E-state index contributed by atoms with van der Waals surface area (Å²) < 4.78 is 21.3. The number of nitrogens with one attached hydrogen (secondary N) is 2. The van der Waals surface area contributed by atoms with Crippen molar-refractivity contribution < 1.29 is 8.76 Å². The maximum atomic E-state index is 11.7. The normalized spacial score (nSPS) is 13.2. The highest BCUT2D eigenvalue weighted by atomic mass is 32.2. The Kier molecular flexibility index (Phi) is 6.69. The molecule has 1 aromatic carbocycles. The van der Waals surface area contributed by atoms with E-state index in [0.717, 1.165) is 5.69 Å². The number of para-hydroxylation sites is 1. The molecule has 0 bridgehead atoms. The fourth-order valence-corrected chi connectivity index (χ4v) is 3.15. The molecule has 0 saturated heterocycles. The molecule has 152 valence electrons. The zero-order valence-corrected chi connectivity index (χ0v) is 16.8. The van der Waals surface area contributed by atoms with Crippen molar-refractivity contribution in [3.8, 4) is 6.07 Å². The average molecular weight is 421 g/mol. The summed E-state index contributed by atoms with van der Waals surface area (Å²) in [5, 5.41) is 15.8. The lowest BCUT2D eigenvalue weighted by Crippen LogP contribution is -2.24. The smallest absolute Gasteiger partial charge is 0.188 e. The second-order valence-corrected chi connectivity index (χ2v) is 7.13. The first-order valence-corrected chi connectivity index (χ1v) is 9.97. The summed E-state index contributed by atoms with van der Waals surface area (Å²) in [6, 6.07) is 14.1. The largest absolute Gasteiger partial charge is 0.382 e. The molecular weight excluding hydrogens is 402 g/mol. The Hall–Kier alpha value is -3.81. The first-order chi connectivity index (χ1) is 14.5. The number of nitriles is 1. The van der Waals surface area contributed by atoms with Gasteiger partial charge in [-0.15, -0.1) is 0 Å². The number of nitrogens with zero attached hydrogens (tertiary/aromatic N) is 4. The van der Waals surface area contributed by atoms with Crippen molar-refractivity contribution in [3.63, 3.8) is 0 Å². The van der Waals surface area contributed by atoms with Gasteiger partial charge in [0.05, 0.1) is 16.6 Å². The number of anilines is 3. The van der Waals surface area contributed by atoms with Gasteiger partial charge < -0.3 is 20.9 Å². The van der Waals surface area contributed by atoms with Crippen molar-refractivity contribution in [2.24, 2.45) is 0 Å². The Balaban J connectivity index is 2.01. The van der Waals surface area contributed by atoms with E-state index in [1.165, 1.54) is 12.4 Å². The average Bonchev–Trinajstić information content (AvgIpc) is 2.74. The molecule has 0 aliphatic heterocycles. The van der Waals surface area contributed by atoms with E-state index in [4.69, 9.17) is 5.73 Å². The van der Waals surface area contributed by atoms with Crippen molar-refractivity contribution >= 4 is 34.5 Å². The Bertz CT molecular complexity index is 1130. The number of hydrogen-bond acceptors (Lipinski definition) is 8. The predicted octanol–water partition coefficient (Wildman–Crippen LogP) is 2.86. The third kappa shape index (κ3) is 4.96. The number of pyridine rings is 1. The van der Waals surface area contributed by atoms with Crippen LogP contribution in [0.5, 0.6) is 0 Å². The predicted molar refractivity (Wildman–Crippen MR) is 116 cm³/mol. The first kappa shape index (κ1) is 20.9. The molecule has 2 heterocycles. The third-order valence-electron chi connectivity index (χ3n) is 4.15. The molecule has 2 aromatic heterocycles. The fourth-order valence-electron chi connectivity index (χ4n) is 2.67. The van der Waals surface area contributed by atoms with Crippen LogP contribution in [-0.2, 0) is 11.1 Å². The highest BCUT2D eigenvalue weighted by Gasteiger charge is 2.16. The molecule has 0 aliphatic carbocycles. The second kappa shape index (κ2) is 9.60. The second-order valence-electron chi connectivity index (χ2n) is 6.19. The highest BCUT2D eigenvalue weighted by molar-refractivity contribution is 7.79. The van der Waals surface area contributed by atoms with Gasteiger partial charge in [-0.2, -0.15) is 5.26 Å². The van der Waals surface area contributed by atoms with Crippen LogP contribution in [0, 0.1) is 11.3 Å². The van der Waals surface area contributed by atoms with Crippen LogP contribution in [0.3, 0.4) is 0 Å². The quantitative estimate of drug-likeness (QED) is 0.422. The molecule has 5 N–H and O–H groups in total. The molecule has 10 heteroatoms. The van der Waals surface area contributed by atoms with Crippen molar-refractivity contribution in [3.05, 3.63) is 71.9 Å². The maximum Gasteiger partial charge on any atom is 0.188 e. The molecule has 2 unspecified atom stereocenters. The first-order valence-electron chi connectivity index (χ1n) is 8.86. The SMILES string of the molecule is CC(Nc1ncnc(N)c1C#N)/C(=C/c1ncccc1S(=O)O)Nc1ccccc1. The van der Waals surface area contributed by atoms with Crippen LogP contribution in [0.1, 0.15) is 18.2 Å². The molecule has 30 heavy (non-hydrogen) atoms. The van der Waals surface area contributed by atoms with E-state index in [1.54, 1.807) is 18.3 Å². The minimum Gasteiger partial charge on any atom is -0.382 e. The Morgan fingerprint density at radius 2 is 2.00 bits per heavy atom. The molecule has 0 saturated carbocycles. The third-order valence-corrected chi connectivity index (χ3v) is 4.87. The van der Waals surface area contributed by atoms with Gasteiger partial charge in [-0.05, 0) is 37.3 Å². The molecule has 0 amide bonds. The van der Waals surface area contributed by atoms with E-state index in [9.17, 15) is 14.0 Å². The van der Waals surface area contributed by atoms with Crippen LogP contribution in [0.4, 0.5) is 17.3 Å². The minimum atomic E-state index is -2.20. The lowest BCUT2D eigenvalue weighted by Gasteiger charge is -2.21. The molecule has 2 atom stereocenters. The number of rotatable bonds is 7. The van der Waals surface area contributed by atoms with Crippen LogP contribution in [0.15, 0.2) is 65.6 Å². The van der Waals surface area contributed by atoms with Crippen LogP contribution in [-0.4, -0.2) is 29.8 Å². The molecule has 0 radical (unpaired) electrons. The summed E-state index contributed by atoms with van der Waals surface area (Å²) in [4.78, 5) is 12.3. The molecule has 3 aromatic rings. The molecule has 3 rings (SSSR count). The number of nitrogens with two attached hydrogens (primary N) is 1. The number of hydrogen-bond donors (Lipinski definition) is 4. The van der Waals surface area contributed by atoms with Gasteiger partial charge >= 0.3 is 0 Å². The zero-order valence-electron chi connectivity index (χ0n) is 16.0. The van der Waals surface area contributed by atoms with E-state index in [-0.39, 0.29) is 22.1 Å². The van der Waals surface area contributed by atoms with Crippen molar-refractivity contribution in [2.45, 2.75) is 17.9 Å². The summed E-state index contributed by atoms with van der Waals surface area (Å²) in [5.41, 5.74) is 7.69. The Morgan fingerprint density at radius 3 is 2.70 bits per heavy atom. The van der Waals surface area contributed by atoms with E-state index in [0.29, 0.717) is 11.4 Å². The van der Waals surface area contributed by atoms with Gasteiger partial charge in [0.25, 0.3) is 0 Å². The van der Waals surface area contributed by atoms with Crippen LogP contribution in [0.2, 0.25) is 0 Å². The molecule has 0 spiro atoms. The molecule has 0 aliphatic rings. The van der Waals surface area contributed by atoms with E-state index in [1.807, 2.05) is 43.3 Å². The van der Waals surface area contributed by atoms with Crippen molar-refractivity contribution in [1.29, 1.82) is 5.26 Å². The summed E-state index contributed by atoms with van der Waals surface area (Å²) in [5.74, 6) is 0.358. The van der Waals surface area contributed by atoms with Gasteiger partial charge in [0.1, 0.15) is 29.6 Å². The van der Waals surface area contributed by atoms with Gasteiger partial charge in [-0.1, -0.05) is 18.2 Å². The van der Waals surface area contributed by atoms with E-state index >= 15 is 0 Å². The van der Waals surface area contributed by atoms with Gasteiger partial charge in [-0.3, -0.25) is 4.98 Å². The lowest BCUT2D eigenvalue weighted by molar-refractivity contribution is 0.563. The summed E-state index contributed by atoms with van der Waals surface area (Å²) in [6.45, 7) is 1.85. The van der Waals surface area contributed by atoms with Gasteiger partial charge in [0.2, 0.25) is 0 Å². The van der Waals surface area contributed by atoms with Crippen molar-refractivity contribution in [2.75, 3.05) is 16.4 Å². The highest BCUT2D eigenvalue weighted by Crippen LogP contribution is 2.22. The van der Waals surface area contributed by atoms with Gasteiger partial charge in [0.15, 0.2) is 11.1 Å². The summed E-state index contributed by atoms with van der Waals surface area (Å²) in [6.07, 6.45) is 4.48. The molecule has 0 fully saturated rings. The number of nitrogen functional groups attached to an aromatic ring is 1. The van der Waals surface area contributed by atoms with E-state index < -0.39 is 17.1 Å². The Morgan fingerprint density at radius 1 is 1.23 bits per heavy atom. The zero-order chi connectivity index (χ0) is 21.5. The van der Waals surface area contributed by atoms with Crippen molar-refractivity contribution in [1.82, 2.24) is 15.0 Å². The van der Waals surface area contributed by atoms with E-state index in [2.05, 4.69) is 25.6 Å². The Labute approximate surface area is 176 Å². The van der Waals surface area contributed by atoms with Gasteiger partial charge in [0, 0.05) is 17.6 Å². The number of aromatic nitrogens is 3. The molecular formula is C20H19N7O2S. The van der Waals surface area contributed by atoms with Crippen LogP contribution < -0.4 is 16.4 Å². The molecule has 9 nitrogen and oxygen atoms in total. The number of benzene rings is 1. The minimum absolute atomic E-state index is 0.0754. The topological polar surface area (TPSA) is 150 Å². The fraction of sp³-hybridized carbons (Fsp3) is 0.100. The standard InChI is InChI=1S/C20H19N7O2S/c1-13(26-20-15(11-21)19(22)24-12-25-20)16(27-14-6-3-2-4-7-14)10-17-18(30(28)29)8-5-9-23-17/h2-10,12-13,27H,1H3,(H,28,29)(H3,22,24,25,26)/b16-10-. The lowest BCUT2D eigenvalue weighted by atomic mass is 10.1. The van der Waals surface area contributed by atoms with Gasteiger partial charge in [-0.25, -0.2) is 14.2 Å². The van der Waals surface area contributed by atoms with Crippen LogP contribution >= 0.6 is 0 Å². The summed E-state index contributed by atoms with van der Waals surface area (Å²) >= 11 is -2.20. The van der Waals surface area contributed by atoms with Crippen LogP contribution in [0.25, 0.3) is 6.08 Å². The summed E-state index contributed by atoms with van der Waals surface area (Å²) in [7, 11) is 0.